The maximum atomic E-state index is 5.68. The average molecular weight is 499 g/mol. The minimum Gasteiger partial charge on any atom is -0.463 e. The van der Waals surface area contributed by atoms with Crippen LogP contribution in [0.2, 0.25) is 0 Å². The van der Waals surface area contributed by atoms with E-state index in [1.54, 1.807) is 12.5 Å². The Labute approximate surface area is 221 Å². The fraction of sp³-hybridized carbons (Fsp3) is 0.125. The van der Waals surface area contributed by atoms with E-state index in [1.807, 2.05) is 60.7 Å². The predicted molar refractivity (Wildman–Crippen MR) is 149 cm³/mol. The van der Waals surface area contributed by atoms with E-state index in [2.05, 4.69) is 58.5 Å². The highest BCUT2D eigenvalue weighted by Crippen LogP contribution is 2.40. The third-order valence-electron chi connectivity index (χ3n) is 7.18. The number of furan rings is 2. The molecule has 0 aliphatic carbocycles. The van der Waals surface area contributed by atoms with Crippen molar-refractivity contribution in [2.24, 2.45) is 10.2 Å². The van der Waals surface area contributed by atoms with Gasteiger partial charge in [0, 0.05) is 12.8 Å². The number of rotatable bonds is 6. The molecule has 4 heterocycles. The second kappa shape index (κ2) is 9.56. The summed E-state index contributed by atoms with van der Waals surface area (Å²) < 4.78 is 11.4. The molecule has 5 aromatic rings. The monoisotopic (exact) mass is 498 g/mol. The van der Waals surface area contributed by atoms with E-state index in [0.717, 1.165) is 47.2 Å². The van der Waals surface area contributed by atoms with Gasteiger partial charge in [-0.15, -0.1) is 0 Å². The van der Waals surface area contributed by atoms with Crippen molar-refractivity contribution < 1.29 is 8.83 Å². The number of nitrogens with zero attached hydrogens (tertiary/aromatic N) is 4. The highest BCUT2D eigenvalue weighted by atomic mass is 16.3. The first-order chi connectivity index (χ1) is 18.8. The van der Waals surface area contributed by atoms with Crippen LogP contribution in [0.5, 0.6) is 0 Å². The van der Waals surface area contributed by atoms with Gasteiger partial charge in [-0.3, -0.25) is 10.0 Å². The van der Waals surface area contributed by atoms with Crippen molar-refractivity contribution in [3.05, 3.63) is 144 Å². The lowest BCUT2D eigenvalue weighted by Gasteiger charge is -2.26. The number of para-hydroxylation sites is 2. The Balaban J connectivity index is 1.20. The highest BCUT2D eigenvalue weighted by molar-refractivity contribution is 6.01. The quantitative estimate of drug-likeness (QED) is 0.242. The topological polar surface area (TPSA) is 57.5 Å². The lowest BCUT2D eigenvalue weighted by molar-refractivity contribution is 0.555. The fourth-order valence-corrected chi connectivity index (χ4v) is 5.30. The summed E-state index contributed by atoms with van der Waals surface area (Å²) in [6.07, 6.45) is 4.94. The second-order valence-electron chi connectivity index (χ2n) is 9.51. The summed E-state index contributed by atoms with van der Waals surface area (Å²) in [5.41, 5.74) is 6.45. The summed E-state index contributed by atoms with van der Waals surface area (Å²) in [5, 5.41) is 14.2. The first-order valence-corrected chi connectivity index (χ1v) is 12.8. The van der Waals surface area contributed by atoms with Crippen molar-refractivity contribution in [1.29, 1.82) is 0 Å². The third-order valence-corrected chi connectivity index (χ3v) is 7.18. The van der Waals surface area contributed by atoms with Crippen LogP contribution in [0.4, 0.5) is 11.4 Å². The Morgan fingerprint density at radius 2 is 0.921 bits per heavy atom. The van der Waals surface area contributed by atoms with Crippen LogP contribution in [0.25, 0.3) is 0 Å². The van der Waals surface area contributed by atoms with Gasteiger partial charge in [0.1, 0.15) is 22.9 Å². The molecule has 0 bridgehead atoms. The summed E-state index contributed by atoms with van der Waals surface area (Å²) in [4.78, 5) is 0. The zero-order valence-electron chi connectivity index (χ0n) is 20.7. The number of anilines is 2. The van der Waals surface area contributed by atoms with Gasteiger partial charge >= 0.3 is 0 Å². The summed E-state index contributed by atoms with van der Waals surface area (Å²) in [5.74, 6) is 1.63. The van der Waals surface area contributed by atoms with Crippen LogP contribution < -0.4 is 10.0 Å². The molecular weight excluding hydrogens is 472 g/mol. The van der Waals surface area contributed by atoms with Crippen molar-refractivity contribution in [2.45, 2.75) is 24.9 Å². The zero-order valence-corrected chi connectivity index (χ0v) is 20.7. The van der Waals surface area contributed by atoms with Crippen LogP contribution in [0.3, 0.4) is 0 Å². The molecular formula is C32H26N4O2. The van der Waals surface area contributed by atoms with Crippen molar-refractivity contribution >= 4 is 22.8 Å². The SMILES string of the molecule is c1ccc(N2N=C(c3ccco3)CC2c2ccc(C3CC(c4ccco4)=NN3c3ccccc3)cc2)cc1. The maximum Gasteiger partial charge on any atom is 0.149 e. The van der Waals surface area contributed by atoms with Gasteiger partial charge in [0.05, 0.1) is 36.0 Å². The van der Waals surface area contributed by atoms with E-state index in [9.17, 15) is 0 Å². The molecule has 2 aliphatic rings. The molecule has 186 valence electrons. The molecule has 0 saturated carbocycles. The van der Waals surface area contributed by atoms with Gasteiger partial charge in [-0.2, -0.15) is 10.2 Å². The number of hydrogen-bond donors (Lipinski definition) is 0. The summed E-state index contributed by atoms with van der Waals surface area (Å²) in [6.45, 7) is 0. The molecule has 0 N–H and O–H groups in total. The second-order valence-corrected chi connectivity index (χ2v) is 9.51. The molecule has 0 saturated heterocycles. The molecule has 2 unspecified atom stereocenters. The molecule has 6 nitrogen and oxygen atoms in total. The molecule has 2 atom stereocenters. The van der Waals surface area contributed by atoms with Gasteiger partial charge in [-0.1, -0.05) is 60.7 Å². The molecule has 38 heavy (non-hydrogen) atoms. The molecule has 0 spiro atoms. The third kappa shape index (κ3) is 4.10. The Bertz CT molecular complexity index is 1440. The van der Waals surface area contributed by atoms with Crippen LogP contribution in [-0.2, 0) is 0 Å². The molecule has 7 rings (SSSR count). The first kappa shape index (κ1) is 22.4. The summed E-state index contributed by atoms with van der Waals surface area (Å²) >= 11 is 0. The predicted octanol–water partition coefficient (Wildman–Crippen LogP) is 7.58. The van der Waals surface area contributed by atoms with Crippen LogP contribution in [0.1, 0.15) is 47.6 Å². The minimum atomic E-state index is 0.0790. The molecule has 6 heteroatoms. The van der Waals surface area contributed by atoms with Crippen LogP contribution in [-0.4, -0.2) is 11.4 Å². The average Bonchev–Trinajstić information content (AvgIpc) is 3.80. The van der Waals surface area contributed by atoms with E-state index in [1.165, 1.54) is 11.1 Å². The van der Waals surface area contributed by atoms with E-state index >= 15 is 0 Å². The highest BCUT2D eigenvalue weighted by Gasteiger charge is 2.33. The Hall–Kier alpha value is -4.84. The van der Waals surface area contributed by atoms with Gasteiger partial charge in [0.15, 0.2) is 0 Å². The zero-order chi connectivity index (χ0) is 25.3. The normalized spacial score (nSPS) is 19.1. The van der Waals surface area contributed by atoms with Crippen molar-refractivity contribution in [3.8, 4) is 0 Å². The largest absolute Gasteiger partial charge is 0.463 e. The number of hydrazone groups is 2. The molecule has 0 fully saturated rings. The fourth-order valence-electron chi connectivity index (χ4n) is 5.30. The summed E-state index contributed by atoms with van der Waals surface area (Å²) in [6, 6.07) is 37.5. The van der Waals surface area contributed by atoms with Crippen LogP contribution in [0, 0.1) is 0 Å². The van der Waals surface area contributed by atoms with Crippen molar-refractivity contribution in [1.82, 2.24) is 0 Å². The number of benzene rings is 3. The van der Waals surface area contributed by atoms with E-state index < -0.39 is 0 Å². The van der Waals surface area contributed by atoms with Crippen molar-refractivity contribution in [2.75, 3.05) is 10.0 Å². The molecule has 2 aromatic heterocycles. The van der Waals surface area contributed by atoms with Crippen LogP contribution in [0.15, 0.2) is 141 Å². The first-order valence-electron chi connectivity index (χ1n) is 12.8. The standard InChI is InChI=1S/C32H26N4O2/c1-3-9-25(10-4-1)35-29(21-27(33-35)31-13-7-19-37-31)23-15-17-24(18-16-23)30-22-28(32-14-8-20-38-32)34-36(30)26-11-5-2-6-12-26/h1-20,29-30H,21-22H2. The van der Waals surface area contributed by atoms with E-state index in [4.69, 9.17) is 19.0 Å². The lowest BCUT2D eigenvalue weighted by atomic mass is 9.95. The van der Waals surface area contributed by atoms with Crippen LogP contribution >= 0.6 is 0 Å². The van der Waals surface area contributed by atoms with Gasteiger partial charge in [-0.25, -0.2) is 0 Å². The molecule has 3 aromatic carbocycles. The molecule has 0 radical (unpaired) electrons. The molecule has 2 aliphatic heterocycles. The minimum absolute atomic E-state index is 0.0790. The Morgan fingerprint density at radius 3 is 1.29 bits per heavy atom. The Kier molecular flexibility index (Phi) is 5.62. The van der Waals surface area contributed by atoms with Gasteiger partial charge in [0.25, 0.3) is 0 Å². The van der Waals surface area contributed by atoms with Gasteiger partial charge in [-0.05, 0) is 59.7 Å². The number of hydrogen-bond acceptors (Lipinski definition) is 6. The summed E-state index contributed by atoms with van der Waals surface area (Å²) in [7, 11) is 0. The lowest BCUT2D eigenvalue weighted by Crippen LogP contribution is -2.20. The van der Waals surface area contributed by atoms with Gasteiger partial charge in [0.2, 0.25) is 0 Å². The van der Waals surface area contributed by atoms with Gasteiger partial charge < -0.3 is 8.83 Å². The maximum absolute atomic E-state index is 5.68. The Morgan fingerprint density at radius 1 is 0.500 bits per heavy atom. The molecule has 0 amide bonds. The smallest absolute Gasteiger partial charge is 0.149 e. The van der Waals surface area contributed by atoms with E-state index in [-0.39, 0.29) is 12.1 Å². The van der Waals surface area contributed by atoms with Crippen molar-refractivity contribution in [3.63, 3.8) is 0 Å². The van der Waals surface area contributed by atoms with E-state index in [0.29, 0.717) is 0 Å².